The first-order valence-corrected chi connectivity index (χ1v) is 3.84. The molecule has 0 unspecified atom stereocenters. The fraction of sp³-hybridized carbons (Fsp3) is 0.875. The largest absolute Gasteiger partial charge is 0.302 e. The molecule has 0 bridgehead atoms. The first-order valence-electron chi connectivity index (χ1n) is 3.84. The van der Waals surface area contributed by atoms with Crippen LogP contribution in [0, 0.1) is 11.3 Å². The fourth-order valence-electron chi connectivity index (χ4n) is 0.543. The van der Waals surface area contributed by atoms with Gasteiger partial charge in [-0.2, -0.15) is 5.26 Å². The van der Waals surface area contributed by atoms with Crippen molar-refractivity contribution in [3.63, 3.8) is 0 Å². The Morgan fingerprint density at radius 2 is 2.00 bits per heavy atom. The molecule has 0 spiro atoms. The number of rotatable bonds is 1. The quantitative estimate of drug-likeness (QED) is 0.607. The van der Waals surface area contributed by atoms with E-state index in [0.29, 0.717) is 0 Å². The lowest BCUT2D eigenvalue weighted by molar-refractivity contribution is 0.684. The van der Waals surface area contributed by atoms with E-state index in [2.05, 4.69) is 25.2 Å². The highest BCUT2D eigenvalue weighted by Gasteiger charge is 2.41. The van der Waals surface area contributed by atoms with Crippen molar-refractivity contribution in [3.8, 4) is 6.07 Å². The van der Waals surface area contributed by atoms with Gasteiger partial charge in [0.25, 0.3) is 0 Å². The summed E-state index contributed by atoms with van der Waals surface area (Å²) >= 11 is 0. The summed E-state index contributed by atoms with van der Waals surface area (Å²) in [7, 11) is 1.83. The Labute approximate surface area is 64.7 Å². The second-order valence-corrected chi connectivity index (χ2v) is 2.65. The van der Waals surface area contributed by atoms with Crippen LogP contribution in [0.4, 0.5) is 0 Å². The molecule has 1 fully saturated rings. The van der Waals surface area contributed by atoms with E-state index in [1.54, 1.807) is 0 Å². The van der Waals surface area contributed by atoms with E-state index < -0.39 is 0 Å². The summed E-state index contributed by atoms with van der Waals surface area (Å²) in [6.45, 7) is 4.25. The van der Waals surface area contributed by atoms with Gasteiger partial charge in [-0.1, -0.05) is 20.3 Å². The maximum absolute atomic E-state index is 8.34. The maximum Gasteiger partial charge on any atom is 0.106 e. The Kier molecular flexibility index (Phi) is 4.06. The lowest BCUT2D eigenvalue weighted by Gasteiger charge is -1.97. The molecule has 0 saturated heterocycles. The minimum absolute atomic E-state index is 0. The van der Waals surface area contributed by atoms with Gasteiger partial charge in [0.15, 0.2) is 0 Å². The molecule has 0 aromatic heterocycles. The van der Waals surface area contributed by atoms with E-state index in [0.717, 1.165) is 12.8 Å². The van der Waals surface area contributed by atoms with Gasteiger partial charge in [-0.25, -0.2) is 0 Å². The van der Waals surface area contributed by atoms with Crippen molar-refractivity contribution >= 4 is 0 Å². The number of nitriles is 1. The lowest BCUT2D eigenvalue weighted by Crippen LogP contribution is -2.24. The van der Waals surface area contributed by atoms with Crippen LogP contribution in [0.2, 0.25) is 0 Å². The van der Waals surface area contributed by atoms with Crippen molar-refractivity contribution in [2.45, 2.75) is 38.6 Å². The first kappa shape index (κ1) is 9.45. The number of nitrogens with one attached hydrogen (secondary N) is 1. The molecule has 1 saturated carbocycles. The molecule has 0 aliphatic heterocycles. The number of hydrogen-bond acceptors (Lipinski definition) is 2. The van der Waals surface area contributed by atoms with E-state index >= 15 is 0 Å². The summed E-state index contributed by atoms with van der Waals surface area (Å²) in [5.41, 5.74) is -0.111. The van der Waals surface area contributed by atoms with Crippen molar-refractivity contribution in [2.24, 2.45) is 0 Å². The van der Waals surface area contributed by atoms with Crippen LogP contribution >= 0.6 is 0 Å². The van der Waals surface area contributed by atoms with Gasteiger partial charge < -0.3 is 5.32 Å². The molecule has 0 radical (unpaired) electrons. The van der Waals surface area contributed by atoms with E-state index in [-0.39, 0.29) is 6.97 Å². The molecule has 0 aromatic carbocycles. The molecular formula is C8H18N2. The highest BCUT2D eigenvalue weighted by Crippen LogP contribution is 2.33. The molecule has 1 N–H and O–H groups in total. The van der Waals surface area contributed by atoms with Crippen LogP contribution in [0.3, 0.4) is 0 Å². The van der Waals surface area contributed by atoms with Gasteiger partial charge in [0.1, 0.15) is 5.54 Å². The Balaban J connectivity index is 0. The van der Waals surface area contributed by atoms with Crippen LogP contribution in [0.5, 0.6) is 0 Å². The molecule has 0 heterocycles. The number of hydrogen-bond donors (Lipinski definition) is 1. The van der Waals surface area contributed by atoms with Gasteiger partial charge in [-0.15, -0.1) is 0 Å². The summed E-state index contributed by atoms with van der Waals surface area (Å²) in [6.07, 6.45) is 3.31. The second kappa shape index (κ2) is 4.29. The third-order valence-corrected chi connectivity index (χ3v) is 1.44. The number of nitrogens with zero attached hydrogens (tertiary/aromatic N) is 1. The highest BCUT2D eigenvalue weighted by atomic mass is 15.0. The van der Waals surface area contributed by atoms with Crippen molar-refractivity contribution in [3.05, 3.63) is 0 Å². The van der Waals surface area contributed by atoms with E-state index in [4.69, 9.17) is 5.26 Å². The normalized spacial score (nSPS) is 18.2. The molecule has 2 nitrogen and oxygen atoms in total. The van der Waals surface area contributed by atoms with Crippen molar-refractivity contribution in [1.29, 1.82) is 5.26 Å². The van der Waals surface area contributed by atoms with Crippen LogP contribution in [0.1, 0.15) is 34.5 Å². The van der Waals surface area contributed by atoms with Crippen LogP contribution in [0.15, 0.2) is 0 Å². The molecule has 1 aliphatic rings. The van der Waals surface area contributed by atoms with Crippen molar-refractivity contribution in [2.75, 3.05) is 7.05 Å². The Morgan fingerprint density at radius 1 is 1.60 bits per heavy atom. The molecule has 10 heavy (non-hydrogen) atoms. The van der Waals surface area contributed by atoms with Crippen molar-refractivity contribution < 1.29 is 1.43 Å². The Bertz CT molecular complexity index is 125. The van der Waals surface area contributed by atoms with Crippen LogP contribution in [-0.2, 0) is 0 Å². The zero-order valence-electron chi connectivity index (χ0n) is 7.07. The maximum atomic E-state index is 8.34. The molecule has 1 aliphatic carbocycles. The van der Waals surface area contributed by atoms with E-state index in [1.165, 1.54) is 6.42 Å². The van der Waals surface area contributed by atoms with Gasteiger partial charge in [0.05, 0.1) is 6.07 Å². The van der Waals surface area contributed by atoms with E-state index in [9.17, 15) is 0 Å². The zero-order chi connectivity index (χ0) is 8.04. The average molecular weight is 142 g/mol. The molecule has 0 amide bonds. The Morgan fingerprint density at radius 3 is 2.00 bits per heavy atom. The highest BCUT2D eigenvalue weighted by molar-refractivity contribution is 5.17. The van der Waals surface area contributed by atoms with Gasteiger partial charge in [0.2, 0.25) is 0 Å². The van der Waals surface area contributed by atoms with Crippen LogP contribution in [0.25, 0.3) is 0 Å². The van der Waals surface area contributed by atoms with Crippen LogP contribution in [-0.4, -0.2) is 12.6 Å². The lowest BCUT2D eigenvalue weighted by atomic mass is 10.3. The standard InChI is InChI=1S/C5H8N2.C3H8.H2/c1-7-5(4-6)2-3-5;1-3-2;/h7H,2-3H2,1H3;3H2,1-2H3;1H. The average Bonchev–Trinajstić information content (AvgIpc) is 2.69. The summed E-state index contributed by atoms with van der Waals surface area (Å²) in [5.74, 6) is 0. The minimum atomic E-state index is -0.111. The van der Waals surface area contributed by atoms with Gasteiger partial charge in [0, 0.05) is 1.43 Å². The molecule has 60 valence electrons. The minimum Gasteiger partial charge on any atom is -0.302 e. The molecule has 1 rings (SSSR count). The molecule has 0 aromatic rings. The summed E-state index contributed by atoms with van der Waals surface area (Å²) in [6, 6.07) is 2.19. The second-order valence-electron chi connectivity index (χ2n) is 2.65. The van der Waals surface area contributed by atoms with Gasteiger partial charge in [-0.3, -0.25) is 0 Å². The first-order chi connectivity index (χ1) is 4.74. The SMILES string of the molecule is CCC.CNC1(C#N)CC1.[HH]. The topological polar surface area (TPSA) is 35.8 Å². The van der Waals surface area contributed by atoms with Gasteiger partial charge in [-0.05, 0) is 19.9 Å². The fourth-order valence-corrected chi connectivity index (χ4v) is 0.543. The summed E-state index contributed by atoms with van der Waals surface area (Å²) < 4.78 is 0. The third-order valence-electron chi connectivity index (χ3n) is 1.44. The van der Waals surface area contributed by atoms with E-state index in [1.807, 2.05) is 7.05 Å². The summed E-state index contributed by atoms with van der Waals surface area (Å²) in [5, 5.41) is 11.3. The summed E-state index contributed by atoms with van der Waals surface area (Å²) in [4.78, 5) is 0. The predicted octanol–water partition coefficient (Wildman–Crippen LogP) is 1.92. The zero-order valence-corrected chi connectivity index (χ0v) is 7.07. The molecular weight excluding hydrogens is 124 g/mol. The van der Waals surface area contributed by atoms with Crippen molar-refractivity contribution in [1.82, 2.24) is 5.32 Å². The molecule has 0 atom stereocenters. The molecule has 2 heteroatoms. The van der Waals surface area contributed by atoms with Crippen LogP contribution < -0.4 is 5.32 Å². The predicted molar refractivity (Wildman–Crippen MR) is 44.7 cm³/mol. The Hall–Kier alpha value is -0.550. The van der Waals surface area contributed by atoms with Gasteiger partial charge >= 0.3 is 0 Å². The third kappa shape index (κ3) is 2.84. The smallest absolute Gasteiger partial charge is 0.106 e. The monoisotopic (exact) mass is 142 g/mol.